The van der Waals surface area contributed by atoms with Gasteiger partial charge in [-0.3, -0.25) is 4.90 Å². The van der Waals surface area contributed by atoms with Crippen LogP contribution in [0, 0.1) is 5.92 Å². The van der Waals surface area contributed by atoms with Gasteiger partial charge in [0.15, 0.2) is 0 Å². The van der Waals surface area contributed by atoms with E-state index in [0.717, 1.165) is 65.2 Å². The maximum atomic E-state index is 10.6. The number of carboxylic acid groups (broad SMARTS) is 1. The van der Waals surface area contributed by atoms with E-state index in [-0.39, 0.29) is 12.2 Å². The highest BCUT2D eigenvalue weighted by Gasteiger charge is 2.43. The average Bonchev–Trinajstić information content (AvgIpc) is 3.21. The molecule has 1 aromatic rings. The zero-order valence-corrected chi connectivity index (χ0v) is 18.1. The Morgan fingerprint density at radius 3 is 2.44 bits per heavy atom. The highest BCUT2D eigenvalue weighted by Crippen LogP contribution is 2.33. The van der Waals surface area contributed by atoms with Crippen LogP contribution in [0.3, 0.4) is 0 Å². The SMILES string of the molecule is O=C(O)C(F)(F)F.c1ccc(CCN2CCO[C@H]3[C@H](OCC4CCOCC4)CC[C@@H]32)cc1. The molecule has 3 atom stereocenters. The molecule has 0 radical (unpaired) electrons. The molecule has 9 heteroatoms. The maximum Gasteiger partial charge on any atom is 0.490 e. The van der Waals surface area contributed by atoms with Crippen LogP contribution in [0.5, 0.6) is 0 Å². The largest absolute Gasteiger partial charge is 0.490 e. The Labute approximate surface area is 186 Å². The zero-order chi connectivity index (χ0) is 23.0. The van der Waals surface area contributed by atoms with E-state index in [1.165, 1.54) is 12.0 Å². The summed E-state index contributed by atoms with van der Waals surface area (Å²) >= 11 is 0. The first kappa shape index (κ1) is 25.0. The van der Waals surface area contributed by atoms with E-state index in [2.05, 4.69) is 35.2 Å². The lowest BCUT2D eigenvalue weighted by Gasteiger charge is -2.39. The number of hydrogen-bond acceptors (Lipinski definition) is 5. The van der Waals surface area contributed by atoms with Crippen LogP contribution in [0.25, 0.3) is 0 Å². The van der Waals surface area contributed by atoms with Gasteiger partial charge >= 0.3 is 12.1 Å². The normalized spacial score (nSPS) is 26.8. The Bertz CT molecular complexity index is 697. The van der Waals surface area contributed by atoms with Crippen molar-refractivity contribution in [3.05, 3.63) is 35.9 Å². The number of halogens is 3. The Hall–Kier alpha value is -1.68. The van der Waals surface area contributed by atoms with Gasteiger partial charge in [-0.2, -0.15) is 13.2 Å². The fraction of sp³-hybridized carbons (Fsp3) is 0.696. The summed E-state index contributed by atoms with van der Waals surface area (Å²) in [7, 11) is 0. The molecule has 3 aliphatic rings. The highest BCUT2D eigenvalue weighted by molar-refractivity contribution is 5.73. The molecule has 6 nitrogen and oxygen atoms in total. The summed E-state index contributed by atoms with van der Waals surface area (Å²) in [5.74, 6) is -2.09. The monoisotopic (exact) mass is 459 g/mol. The minimum Gasteiger partial charge on any atom is -0.475 e. The fourth-order valence-corrected chi connectivity index (χ4v) is 4.54. The molecule has 0 spiro atoms. The van der Waals surface area contributed by atoms with Gasteiger partial charge < -0.3 is 19.3 Å². The van der Waals surface area contributed by atoms with Crippen LogP contribution in [0.4, 0.5) is 13.2 Å². The topological polar surface area (TPSA) is 68.2 Å². The molecule has 1 saturated carbocycles. The second-order valence-corrected chi connectivity index (χ2v) is 8.48. The Balaban J connectivity index is 0.000000360. The lowest BCUT2D eigenvalue weighted by atomic mass is 10.0. The third-order valence-corrected chi connectivity index (χ3v) is 6.31. The molecule has 2 heterocycles. The van der Waals surface area contributed by atoms with Crippen LogP contribution in [0.1, 0.15) is 31.2 Å². The van der Waals surface area contributed by atoms with Gasteiger partial charge in [0.05, 0.1) is 25.4 Å². The summed E-state index contributed by atoms with van der Waals surface area (Å²) in [6, 6.07) is 11.3. The number of rotatable bonds is 6. The van der Waals surface area contributed by atoms with Crippen LogP contribution < -0.4 is 0 Å². The Morgan fingerprint density at radius 1 is 1.09 bits per heavy atom. The summed E-state index contributed by atoms with van der Waals surface area (Å²) in [6.07, 6.45) is 1.22. The molecule has 1 aromatic carbocycles. The molecule has 3 fully saturated rings. The van der Waals surface area contributed by atoms with Gasteiger partial charge in [0.2, 0.25) is 0 Å². The highest BCUT2D eigenvalue weighted by atomic mass is 19.4. The number of ether oxygens (including phenoxy) is 3. The second-order valence-electron chi connectivity index (χ2n) is 8.48. The van der Waals surface area contributed by atoms with Crippen molar-refractivity contribution in [2.45, 2.75) is 56.5 Å². The minimum atomic E-state index is -5.08. The lowest BCUT2D eigenvalue weighted by molar-refractivity contribution is -0.192. The molecule has 2 aliphatic heterocycles. The summed E-state index contributed by atoms with van der Waals surface area (Å²) < 4.78 is 49.6. The van der Waals surface area contributed by atoms with Crippen LogP contribution in [0.15, 0.2) is 30.3 Å². The predicted octanol–water partition coefficient (Wildman–Crippen LogP) is 3.54. The second kappa shape index (κ2) is 12.0. The zero-order valence-electron chi connectivity index (χ0n) is 18.1. The number of nitrogens with zero attached hydrogens (tertiary/aromatic N) is 1. The standard InChI is InChI=1S/C21H31NO3.C2HF3O2/c1-2-4-17(5-3-1)8-11-22-12-15-24-21-19(22)6-7-20(21)25-16-18-9-13-23-14-10-18;3-2(4,5)1(6)7/h1-5,18-21H,6-16H2;(H,6,7)/t19-,20+,21+;/m0./s1. The maximum absolute atomic E-state index is 10.6. The van der Waals surface area contributed by atoms with Crippen LogP contribution in [-0.2, 0) is 25.4 Å². The molecule has 0 unspecified atom stereocenters. The van der Waals surface area contributed by atoms with Gasteiger partial charge in [0.1, 0.15) is 0 Å². The minimum absolute atomic E-state index is 0.268. The van der Waals surface area contributed by atoms with Crippen molar-refractivity contribution >= 4 is 5.97 Å². The van der Waals surface area contributed by atoms with E-state index in [0.29, 0.717) is 12.0 Å². The Morgan fingerprint density at radius 2 is 1.78 bits per heavy atom. The van der Waals surface area contributed by atoms with Crippen molar-refractivity contribution in [3.8, 4) is 0 Å². The number of aliphatic carboxylic acids is 1. The van der Waals surface area contributed by atoms with E-state index in [4.69, 9.17) is 24.1 Å². The van der Waals surface area contributed by atoms with Crippen molar-refractivity contribution in [2.75, 3.05) is 39.5 Å². The fourth-order valence-electron chi connectivity index (χ4n) is 4.54. The summed E-state index contributed by atoms with van der Waals surface area (Å²) in [4.78, 5) is 11.5. The van der Waals surface area contributed by atoms with Gasteiger partial charge in [-0.25, -0.2) is 4.79 Å². The first-order valence-electron chi connectivity index (χ1n) is 11.2. The molecule has 0 aromatic heterocycles. The van der Waals surface area contributed by atoms with Crippen molar-refractivity contribution in [3.63, 3.8) is 0 Å². The van der Waals surface area contributed by atoms with E-state index in [9.17, 15) is 13.2 Å². The van der Waals surface area contributed by atoms with E-state index in [1.54, 1.807) is 0 Å². The van der Waals surface area contributed by atoms with E-state index < -0.39 is 12.1 Å². The van der Waals surface area contributed by atoms with Gasteiger partial charge in [0, 0.05) is 32.3 Å². The average molecular weight is 460 g/mol. The molecular weight excluding hydrogens is 427 g/mol. The van der Waals surface area contributed by atoms with Crippen LogP contribution >= 0.6 is 0 Å². The van der Waals surface area contributed by atoms with E-state index >= 15 is 0 Å². The van der Waals surface area contributed by atoms with Gasteiger partial charge in [-0.1, -0.05) is 30.3 Å². The van der Waals surface area contributed by atoms with Crippen LogP contribution in [-0.4, -0.2) is 79.9 Å². The molecule has 0 amide bonds. The van der Waals surface area contributed by atoms with Gasteiger partial charge in [-0.05, 0) is 43.6 Å². The molecule has 180 valence electrons. The number of morpholine rings is 1. The number of alkyl halides is 3. The van der Waals surface area contributed by atoms with Crippen molar-refractivity contribution in [2.24, 2.45) is 5.92 Å². The third kappa shape index (κ3) is 7.43. The smallest absolute Gasteiger partial charge is 0.475 e. The number of carboxylic acids is 1. The number of hydrogen-bond donors (Lipinski definition) is 1. The van der Waals surface area contributed by atoms with Crippen molar-refractivity contribution in [1.82, 2.24) is 4.90 Å². The summed E-state index contributed by atoms with van der Waals surface area (Å²) in [6.45, 7) is 5.70. The quantitative estimate of drug-likeness (QED) is 0.702. The number of fused-ring (bicyclic) bond motifs is 1. The molecule has 2 saturated heterocycles. The first-order valence-corrected chi connectivity index (χ1v) is 11.2. The van der Waals surface area contributed by atoms with Gasteiger partial charge in [-0.15, -0.1) is 0 Å². The lowest BCUT2D eigenvalue weighted by Crippen LogP contribution is -2.52. The van der Waals surface area contributed by atoms with Gasteiger partial charge in [0.25, 0.3) is 0 Å². The molecule has 4 rings (SSSR count). The molecule has 32 heavy (non-hydrogen) atoms. The molecule has 0 bridgehead atoms. The van der Waals surface area contributed by atoms with E-state index in [1.807, 2.05) is 0 Å². The summed E-state index contributed by atoms with van der Waals surface area (Å²) in [5.41, 5.74) is 1.43. The molecule has 1 N–H and O–H groups in total. The number of benzene rings is 1. The number of carbonyl (C=O) groups is 1. The Kier molecular flexibility index (Phi) is 9.34. The van der Waals surface area contributed by atoms with Crippen molar-refractivity contribution in [1.29, 1.82) is 0 Å². The molecular formula is C23H32F3NO5. The molecule has 1 aliphatic carbocycles. The van der Waals surface area contributed by atoms with Crippen LogP contribution in [0.2, 0.25) is 0 Å². The summed E-state index contributed by atoms with van der Waals surface area (Å²) in [5, 5.41) is 7.12. The predicted molar refractivity (Wildman–Crippen MR) is 111 cm³/mol. The van der Waals surface area contributed by atoms with Crippen molar-refractivity contribution < 1.29 is 37.3 Å². The first-order chi connectivity index (χ1) is 15.3. The third-order valence-electron chi connectivity index (χ3n) is 6.31.